The Labute approximate surface area is 126 Å². The number of nitro groups is 1. The van der Waals surface area contributed by atoms with Crippen LogP contribution in [0.15, 0.2) is 18.2 Å². The van der Waals surface area contributed by atoms with Crippen molar-refractivity contribution in [2.75, 3.05) is 18.1 Å². The summed E-state index contributed by atoms with van der Waals surface area (Å²) in [6.07, 6.45) is 3.19. The summed E-state index contributed by atoms with van der Waals surface area (Å²) in [5, 5.41) is 10.9. The summed E-state index contributed by atoms with van der Waals surface area (Å²) in [6.45, 7) is 7.95. The van der Waals surface area contributed by atoms with Crippen LogP contribution in [0.5, 0.6) is 0 Å². The lowest BCUT2D eigenvalue weighted by atomic mass is 10.1. The molecule has 1 heterocycles. The van der Waals surface area contributed by atoms with E-state index in [1.165, 1.54) is 0 Å². The van der Waals surface area contributed by atoms with E-state index >= 15 is 0 Å². The smallest absolute Gasteiger partial charge is 0.269 e. The van der Waals surface area contributed by atoms with Crippen molar-refractivity contribution in [1.82, 2.24) is 0 Å². The summed E-state index contributed by atoms with van der Waals surface area (Å²) in [7, 11) is 0. The van der Waals surface area contributed by atoms with E-state index in [1.54, 1.807) is 12.1 Å². The van der Waals surface area contributed by atoms with Crippen molar-refractivity contribution in [2.45, 2.75) is 52.2 Å². The van der Waals surface area contributed by atoms with Crippen molar-refractivity contribution in [2.24, 2.45) is 0 Å². The molecule has 21 heavy (non-hydrogen) atoms. The lowest BCUT2D eigenvalue weighted by Crippen LogP contribution is -2.32. The van der Waals surface area contributed by atoms with E-state index in [2.05, 4.69) is 11.8 Å². The minimum absolute atomic E-state index is 0.189. The number of anilines is 1. The molecule has 0 bridgehead atoms. The van der Waals surface area contributed by atoms with Crippen LogP contribution in [0, 0.1) is 10.1 Å². The predicted molar refractivity (Wildman–Crippen MR) is 83.9 cm³/mol. The third kappa shape index (κ3) is 3.73. The van der Waals surface area contributed by atoms with Crippen LogP contribution in [0.1, 0.15) is 39.2 Å². The van der Waals surface area contributed by atoms with Crippen LogP contribution in [0.25, 0.3) is 0 Å². The number of nitrogens with zero attached hydrogens (tertiary/aromatic N) is 2. The number of rotatable bonds is 7. The Morgan fingerprint density at radius 3 is 2.86 bits per heavy atom. The van der Waals surface area contributed by atoms with Gasteiger partial charge in [0, 0.05) is 37.0 Å². The average molecular weight is 292 g/mol. The van der Waals surface area contributed by atoms with Gasteiger partial charge in [-0.3, -0.25) is 10.1 Å². The summed E-state index contributed by atoms with van der Waals surface area (Å²) in [6, 6.07) is 5.67. The highest BCUT2D eigenvalue weighted by Gasteiger charge is 2.28. The molecule has 1 aliphatic heterocycles. The monoisotopic (exact) mass is 292 g/mol. The minimum Gasteiger partial charge on any atom is -0.379 e. The van der Waals surface area contributed by atoms with Crippen LogP contribution in [0.4, 0.5) is 11.4 Å². The van der Waals surface area contributed by atoms with Crippen LogP contribution in [0.3, 0.4) is 0 Å². The van der Waals surface area contributed by atoms with E-state index in [0.717, 1.165) is 43.7 Å². The largest absolute Gasteiger partial charge is 0.379 e. The Bertz CT molecular complexity index is 502. The molecule has 0 radical (unpaired) electrons. The molecule has 0 saturated heterocycles. The lowest BCUT2D eigenvalue weighted by Gasteiger charge is -2.27. The highest BCUT2D eigenvalue weighted by atomic mass is 16.6. The summed E-state index contributed by atoms with van der Waals surface area (Å²) in [5.41, 5.74) is 2.44. The van der Waals surface area contributed by atoms with Gasteiger partial charge in [0.2, 0.25) is 0 Å². The van der Waals surface area contributed by atoms with E-state index in [1.807, 2.05) is 19.9 Å². The normalized spacial score (nSPS) is 17.3. The third-order valence-electron chi connectivity index (χ3n) is 3.95. The van der Waals surface area contributed by atoms with Crippen LogP contribution in [0.2, 0.25) is 0 Å². The highest BCUT2D eigenvalue weighted by Crippen LogP contribution is 2.35. The fraction of sp³-hybridized carbons (Fsp3) is 0.625. The molecular formula is C16H24N2O3. The number of hydrogen-bond donors (Lipinski definition) is 0. The molecule has 1 aliphatic rings. The standard InChI is InChI=1S/C16H24N2O3/c1-4-14-10-13-11-15(18(19)20)6-7-16(13)17(14)8-5-9-21-12(2)3/h6-7,11-12,14H,4-5,8-10H2,1-3H3/t14-/m0/s1. The quantitative estimate of drug-likeness (QED) is 0.438. The Hall–Kier alpha value is -1.62. The molecule has 0 fully saturated rings. The summed E-state index contributed by atoms with van der Waals surface area (Å²) >= 11 is 0. The van der Waals surface area contributed by atoms with Crippen molar-refractivity contribution in [3.8, 4) is 0 Å². The molecule has 5 heteroatoms. The van der Waals surface area contributed by atoms with Crippen molar-refractivity contribution in [3.63, 3.8) is 0 Å². The van der Waals surface area contributed by atoms with Gasteiger partial charge in [0.1, 0.15) is 0 Å². The molecule has 0 aromatic heterocycles. The van der Waals surface area contributed by atoms with E-state index in [0.29, 0.717) is 6.04 Å². The van der Waals surface area contributed by atoms with Gasteiger partial charge in [0.25, 0.3) is 5.69 Å². The number of nitro benzene ring substituents is 1. The number of fused-ring (bicyclic) bond motifs is 1. The van der Waals surface area contributed by atoms with Gasteiger partial charge in [-0.25, -0.2) is 0 Å². The van der Waals surface area contributed by atoms with E-state index < -0.39 is 0 Å². The molecule has 5 nitrogen and oxygen atoms in total. The maximum atomic E-state index is 10.9. The first-order chi connectivity index (χ1) is 10.0. The maximum absolute atomic E-state index is 10.9. The molecule has 1 atom stereocenters. The molecule has 0 amide bonds. The minimum atomic E-state index is -0.319. The van der Waals surface area contributed by atoms with E-state index in [-0.39, 0.29) is 16.7 Å². The Morgan fingerprint density at radius 2 is 2.24 bits per heavy atom. The van der Waals surface area contributed by atoms with E-state index in [4.69, 9.17) is 4.74 Å². The number of ether oxygens (including phenoxy) is 1. The third-order valence-corrected chi connectivity index (χ3v) is 3.95. The topological polar surface area (TPSA) is 55.6 Å². The molecule has 0 aliphatic carbocycles. The van der Waals surface area contributed by atoms with Crippen molar-refractivity contribution >= 4 is 11.4 Å². The van der Waals surface area contributed by atoms with Crippen LogP contribution < -0.4 is 4.90 Å². The number of non-ortho nitro benzene ring substituents is 1. The summed E-state index contributed by atoms with van der Waals surface area (Å²) in [4.78, 5) is 12.9. The second-order valence-corrected chi connectivity index (χ2v) is 5.80. The first kappa shape index (κ1) is 15.8. The van der Waals surface area contributed by atoms with Crippen LogP contribution in [-0.4, -0.2) is 30.2 Å². The van der Waals surface area contributed by atoms with Crippen LogP contribution in [-0.2, 0) is 11.2 Å². The van der Waals surface area contributed by atoms with Gasteiger partial charge in [0.15, 0.2) is 0 Å². The first-order valence-corrected chi connectivity index (χ1v) is 7.68. The molecule has 0 N–H and O–H groups in total. The van der Waals surface area contributed by atoms with Crippen molar-refractivity contribution in [1.29, 1.82) is 0 Å². The lowest BCUT2D eigenvalue weighted by molar-refractivity contribution is -0.384. The average Bonchev–Trinajstić information content (AvgIpc) is 2.80. The Kier molecular flexibility index (Phi) is 5.17. The van der Waals surface area contributed by atoms with Gasteiger partial charge in [-0.15, -0.1) is 0 Å². The van der Waals surface area contributed by atoms with Gasteiger partial charge in [0.05, 0.1) is 11.0 Å². The molecule has 0 spiro atoms. The number of hydrogen-bond acceptors (Lipinski definition) is 4. The molecule has 0 unspecified atom stereocenters. The predicted octanol–water partition coefficient (Wildman–Crippen LogP) is 3.55. The Balaban J connectivity index is 2.06. The molecule has 1 aromatic rings. The summed E-state index contributed by atoms with van der Waals surface area (Å²) < 4.78 is 5.59. The highest BCUT2D eigenvalue weighted by molar-refractivity contribution is 5.62. The molecule has 116 valence electrons. The zero-order valence-electron chi connectivity index (χ0n) is 13.0. The van der Waals surface area contributed by atoms with Crippen LogP contribution >= 0.6 is 0 Å². The zero-order chi connectivity index (χ0) is 15.4. The van der Waals surface area contributed by atoms with Gasteiger partial charge in [-0.05, 0) is 44.7 Å². The second kappa shape index (κ2) is 6.89. The van der Waals surface area contributed by atoms with Gasteiger partial charge >= 0.3 is 0 Å². The zero-order valence-corrected chi connectivity index (χ0v) is 13.0. The SMILES string of the molecule is CC[C@H]1Cc2cc([N+](=O)[O-])ccc2N1CCCOC(C)C. The second-order valence-electron chi connectivity index (χ2n) is 5.80. The Morgan fingerprint density at radius 1 is 1.48 bits per heavy atom. The number of benzene rings is 1. The molecule has 0 saturated carbocycles. The fourth-order valence-electron chi connectivity index (χ4n) is 2.91. The molecule has 1 aromatic carbocycles. The summed E-state index contributed by atoms with van der Waals surface area (Å²) in [5.74, 6) is 0. The fourth-order valence-corrected chi connectivity index (χ4v) is 2.91. The maximum Gasteiger partial charge on any atom is 0.269 e. The van der Waals surface area contributed by atoms with Gasteiger partial charge in [-0.2, -0.15) is 0 Å². The first-order valence-electron chi connectivity index (χ1n) is 7.68. The molecule has 2 rings (SSSR count). The van der Waals surface area contributed by atoms with Crippen molar-refractivity contribution in [3.05, 3.63) is 33.9 Å². The van der Waals surface area contributed by atoms with Gasteiger partial charge < -0.3 is 9.64 Å². The van der Waals surface area contributed by atoms with Gasteiger partial charge in [-0.1, -0.05) is 6.92 Å². The molecular weight excluding hydrogens is 268 g/mol. The van der Waals surface area contributed by atoms with Crippen molar-refractivity contribution < 1.29 is 9.66 Å². The van der Waals surface area contributed by atoms with E-state index in [9.17, 15) is 10.1 Å².